The third kappa shape index (κ3) is 6.43. The van der Waals surface area contributed by atoms with Gasteiger partial charge in [0.05, 0.1) is 0 Å². The molecule has 0 fully saturated rings. The average molecular weight is 338 g/mol. The Bertz CT molecular complexity index is 260. The van der Waals surface area contributed by atoms with Crippen LogP contribution in [0.15, 0.2) is 21.6 Å². The second-order valence-corrected chi connectivity index (χ2v) is 8.04. The largest absolute Gasteiger partial charge is 0.147 e. The Balaban J connectivity index is -0.000000563. The third-order valence-corrected chi connectivity index (χ3v) is 4.53. The zero-order chi connectivity index (χ0) is 10.1. The van der Waals surface area contributed by atoms with Crippen LogP contribution in [0.3, 0.4) is 0 Å². The summed E-state index contributed by atoms with van der Waals surface area (Å²) >= 11 is 2.27. The van der Waals surface area contributed by atoms with Gasteiger partial charge in [0, 0.05) is 0 Å². The fraction of sp³-hybridized carbons (Fsp3) is 0.636. The molecule has 0 spiro atoms. The molecule has 0 aromatic heterocycles. The van der Waals surface area contributed by atoms with Crippen LogP contribution in [0.4, 0.5) is 0 Å². The van der Waals surface area contributed by atoms with Gasteiger partial charge in [-0.15, -0.1) is 37.2 Å². The van der Waals surface area contributed by atoms with Gasteiger partial charge in [-0.2, -0.15) is 0 Å². The first-order chi connectivity index (χ1) is 5.93. The molecule has 95 valence electrons. The van der Waals surface area contributed by atoms with E-state index in [1.165, 1.54) is 12.6 Å². The molecular formula is C11H21Cl3PTi. The van der Waals surface area contributed by atoms with Crippen molar-refractivity contribution in [2.24, 2.45) is 5.41 Å². The van der Waals surface area contributed by atoms with Gasteiger partial charge in [-0.05, 0) is 0 Å². The van der Waals surface area contributed by atoms with Gasteiger partial charge in [0.2, 0.25) is 0 Å². The van der Waals surface area contributed by atoms with Crippen LogP contribution in [0.2, 0.25) is 0 Å². The number of hydrogen-bond donors (Lipinski definition) is 0. The van der Waals surface area contributed by atoms with E-state index in [4.69, 9.17) is 0 Å². The zero-order valence-electron chi connectivity index (χ0n) is 10.2. The van der Waals surface area contributed by atoms with Crippen molar-refractivity contribution in [1.29, 1.82) is 0 Å². The van der Waals surface area contributed by atoms with Gasteiger partial charge in [0.15, 0.2) is 0 Å². The molecule has 0 unspecified atom stereocenters. The summed E-state index contributed by atoms with van der Waals surface area (Å²) in [7, 11) is 0.208. The van der Waals surface area contributed by atoms with Crippen LogP contribution in [-0.2, 0) is 20.4 Å². The van der Waals surface area contributed by atoms with E-state index < -0.39 is 0 Å². The third-order valence-electron chi connectivity index (χ3n) is 2.37. The van der Waals surface area contributed by atoms with E-state index in [0.717, 1.165) is 0 Å². The quantitative estimate of drug-likeness (QED) is 0.513. The first-order valence-electron chi connectivity index (χ1n) is 4.70. The van der Waals surface area contributed by atoms with Crippen LogP contribution in [0.1, 0.15) is 20.3 Å². The number of halogens is 3. The van der Waals surface area contributed by atoms with Crippen LogP contribution in [0.5, 0.6) is 0 Å². The van der Waals surface area contributed by atoms with Crippen molar-refractivity contribution >= 4 is 45.1 Å². The van der Waals surface area contributed by atoms with Gasteiger partial charge in [0.25, 0.3) is 0 Å². The smallest absolute Gasteiger partial charge is 0.147 e. The summed E-state index contributed by atoms with van der Waals surface area (Å²) in [4.78, 5) is 0. The predicted octanol–water partition coefficient (Wildman–Crippen LogP) is 4.78. The van der Waals surface area contributed by atoms with E-state index >= 15 is 0 Å². The van der Waals surface area contributed by atoms with Gasteiger partial charge in [-0.25, -0.2) is 0 Å². The van der Waals surface area contributed by atoms with Crippen molar-refractivity contribution in [1.82, 2.24) is 0 Å². The van der Waals surface area contributed by atoms with Gasteiger partial charge >= 0.3 is 95.1 Å². The molecule has 0 aromatic rings. The number of hydrogen-bond acceptors (Lipinski definition) is 0. The fourth-order valence-corrected chi connectivity index (χ4v) is 4.61. The SMILES string of the molecule is CP(C)CC(C)(C)C1=[C]([Ti])CC=C1.Cl.Cl.Cl. The molecule has 1 rings (SSSR count). The van der Waals surface area contributed by atoms with Gasteiger partial charge in [-0.1, -0.05) is 0 Å². The molecule has 0 N–H and O–H groups in total. The Morgan fingerprint density at radius 1 is 1.25 bits per heavy atom. The normalized spacial score (nSPS) is 14.2. The van der Waals surface area contributed by atoms with Gasteiger partial charge in [-0.3, -0.25) is 0 Å². The molecule has 1 aliphatic rings. The van der Waals surface area contributed by atoms with E-state index in [1.54, 1.807) is 9.45 Å². The fourth-order valence-electron chi connectivity index (χ4n) is 2.01. The maximum Gasteiger partial charge on any atom is -0.147 e. The minimum absolute atomic E-state index is 0. The molecule has 0 atom stereocenters. The molecule has 5 heteroatoms. The Labute approximate surface area is 131 Å². The molecule has 0 bridgehead atoms. The minimum atomic E-state index is 0. The Morgan fingerprint density at radius 3 is 2.06 bits per heavy atom. The standard InChI is InChI=1S/C11H18P.3ClH.Ti/c1-11(2,9-12(3)4)10-7-5-6-8-10;;;;/h5,7H,6,9H2,1-4H3;3*1H;. The molecule has 0 aliphatic heterocycles. The Hall–Kier alpha value is 1.49. The monoisotopic (exact) mass is 337 g/mol. The van der Waals surface area contributed by atoms with Crippen LogP contribution in [0.25, 0.3) is 0 Å². The number of allylic oxidation sites excluding steroid dienone is 4. The first kappa shape index (κ1) is 22.7. The van der Waals surface area contributed by atoms with Crippen molar-refractivity contribution < 1.29 is 20.4 Å². The molecule has 0 radical (unpaired) electrons. The molecular weight excluding hydrogens is 317 g/mol. The number of rotatable bonds is 3. The van der Waals surface area contributed by atoms with Crippen molar-refractivity contribution in [3.8, 4) is 0 Å². The predicted molar refractivity (Wildman–Crippen MR) is 79.9 cm³/mol. The zero-order valence-corrected chi connectivity index (χ0v) is 15.1. The van der Waals surface area contributed by atoms with Crippen LogP contribution in [-0.4, -0.2) is 19.5 Å². The van der Waals surface area contributed by atoms with E-state index in [1.807, 2.05) is 0 Å². The van der Waals surface area contributed by atoms with Gasteiger partial charge < -0.3 is 0 Å². The summed E-state index contributed by atoms with van der Waals surface area (Å²) in [5.41, 5.74) is 1.98. The summed E-state index contributed by atoms with van der Waals surface area (Å²) < 4.78 is 1.57. The molecule has 0 aromatic carbocycles. The van der Waals surface area contributed by atoms with Crippen molar-refractivity contribution in [3.05, 3.63) is 21.6 Å². The van der Waals surface area contributed by atoms with Crippen molar-refractivity contribution in [3.63, 3.8) is 0 Å². The van der Waals surface area contributed by atoms with E-state index in [9.17, 15) is 0 Å². The van der Waals surface area contributed by atoms with Crippen LogP contribution < -0.4 is 0 Å². The Kier molecular flexibility index (Phi) is 13.3. The second kappa shape index (κ2) is 9.43. The van der Waals surface area contributed by atoms with E-state index in [2.05, 4.69) is 59.8 Å². The molecule has 1 aliphatic carbocycles. The molecule has 0 heterocycles. The van der Waals surface area contributed by atoms with Gasteiger partial charge in [0.1, 0.15) is 0 Å². The maximum atomic E-state index is 2.38. The van der Waals surface area contributed by atoms with Crippen molar-refractivity contribution in [2.75, 3.05) is 19.5 Å². The summed E-state index contributed by atoms with van der Waals surface area (Å²) in [5, 5.41) is 0. The van der Waals surface area contributed by atoms with E-state index in [0.29, 0.717) is 5.41 Å². The second-order valence-electron chi connectivity index (χ2n) is 4.62. The molecule has 16 heavy (non-hydrogen) atoms. The molecule has 0 saturated heterocycles. The topological polar surface area (TPSA) is 0 Å². The van der Waals surface area contributed by atoms with Crippen molar-refractivity contribution in [2.45, 2.75) is 20.3 Å². The summed E-state index contributed by atoms with van der Waals surface area (Å²) in [5.74, 6) is 0. The summed E-state index contributed by atoms with van der Waals surface area (Å²) in [6.45, 7) is 9.49. The molecule has 0 saturated carbocycles. The summed E-state index contributed by atoms with van der Waals surface area (Å²) in [6, 6.07) is 0. The molecule has 0 amide bonds. The van der Waals surface area contributed by atoms with E-state index in [-0.39, 0.29) is 45.1 Å². The summed E-state index contributed by atoms with van der Waals surface area (Å²) in [6.07, 6.45) is 7.14. The van der Waals surface area contributed by atoms with Crippen LogP contribution >= 0.6 is 45.1 Å². The molecule has 0 nitrogen and oxygen atoms in total. The Morgan fingerprint density at radius 2 is 1.75 bits per heavy atom. The van der Waals surface area contributed by atoms with Crippen LogP contribution in [0, 0.1) is 5.41 Å². The average Bonchev–Trinajstić information content (AvgIpc) is 2.32. The maximum absolute atomic E-state index is 2.38. The first-order valence-corrected chi connectivity index (χ1v) is 7.90. The minimum Gasteiger partial charge on any atom is -0.147 e.